The predicted molar refractivity (Wildman–Crippen MR) is 52.1 cm³/mol. The van der Waals surface area contributed by atoms with Gasteiger partial charge in [0.25, 0.3) is 0 Å². The summed E-state index contributed by atoms with van der Waals surface area (Å²) in [6, 6.07) is 2.10. The highest BCUT2D eigenvalue weighted by Gasteiger charge is 2.14. The maximum absolute atomic E-state index is 5.62. The van der Waals surface area contributed by atoms with Gasteiger partial charge in [-0.25, -0.2) is 4.98 Å². The minimum Gasteiger partial charge on any atom is -0.383 e. The average Bonchev–Trinajstić information content (AvgIpc) is 1.92. The molecule has 2 nitrogen and oxygen atoms in total. The summed E-state index contributed by atoms with van der Waals surface area (Å²) in [6.07, 6.45) is 1.85. The molecule has 0 spiro atoms. The van der Waals surface area contributed by atoms with E-state index in [1.54, 1.807) is 0 Å². The van der Waals surface area contributed by atoms with E-state index in [2.05, 4.69) is 31.8 Å². The van der Waals surface area contributed by atoms with Crippen LogP contribution in [0.4, 0.5) is 5.82 Å². The fraction of sp³-hybridized carbons (Fsp3) is 0.500. The molecule has 66 valence electrons. The Labute approximate surface area is 73.8 Å². The first-order chi connectivity index (χ1) is 5.41. The van der Waals surface area contributed by atoms with Crippen LogP contribution in [-0.2, 0) is 5.41 Å². The lowest BCUT2D eigenvalue weighted by molar-refractivity contribution is 0.587. The quantitative estimate of drug-likeness (QED) is 0.638. The average molecular weight is 164 g/mol. The van der Waals surface area contributed by atoms with E-state index >= 15 is 0 Å². The topological polar surface area (TPSA) is 38.9 Å². The van der Waals surface area contributed by atoms with Crippen LogP contribution in [0.3, 0.4) is 0 Å². The summed E-state index contributed by atoms with van der Waals surface area (Å²) in [5, 5.41) is 0. The second kappa shape index (κ2) is 2.77. The van der Waals surface area contributed by atoms with E-state index in [0.29, 0.717) is 5.82 Å². The van der Waals surface area contributed by atoms with Crippen LogP contribution in [0.5, 0.6) is 0 Å². The lowest BCUT2D eigenvalue weighted by Crippen LogP contribution is -2.12. The summed E-state index contributed by atoms with van der Waals surface area (Å²) in [5.41, 5.74) is 8.07. The summed E-state index contributed by atoms with van der Waals surface area (Å²) in [6.45, 7) is 8.48. The summed E-state index contributed by atoms with van der Waals surface area (Å²) in [4.78, 5) is 4.12. The van der Waals surface area contributed by atoms with Crippen molar-refractivity contribution in [2.45, 2.75) is 33.1 Å². The molecule has 0 aliphatic rings. The van der Waals surface area contributed by atoms with Gasteiger partial charge in [-0.05, 0) is 23.5 Å². The van der Waals surface area contributed by atoms with E-state index in [9.17, 15) is 0 Å². The van der Waals surface area contributed by atoms with Crippen molar-refractivity contribution in [2.75, 3.05) is 5.73 Å². The minimum absolute atomic E-state index is 0.158. The second-order valence-corrected chi connectivity index (χ2v) is 4.18. The van der Waals surface area contributed by atoms with Crippen molar-refractivity contribution in [3.05, 3.63) is 23.4 Å². The molecule has 0 aliphatic carbocycles. The molecule has 1 aromatic rings. The Kier molecular flexibility index (Phi) is 2.09. The minimum atomic E-state index is 0.158. The number of rotatable bonds is 0. The van der Waals surface area contributed by atoms with Gasteiger partial charge >= 0.3 is 0 Å². The molecule has 2 heteroatoms. The van der Waals surface area contributed by atoms with E-state index in [4.69, 9.17) is 5.73 Å². The van der Waals surface area contributed by atoms with Crippen molar-refractivity contribution in [1.82, 2.24) is 4.98 Å². The fourth-order valence-corrected chi connectivity index (χ4v) is 0.996. The molecule has 0 atom stereocenters. The number of pyridine rings is 1. The highest BCUT2D eigenvalue weighted by atomic mass is 14.8. The van der Waals surface area contributed by atoms with Crippen LogP contribution in [0.25, 0.3) is 0 Å². The Morgan fingerprint density at radius 3 is 2.33 bits per heavy atom. The van der Waals surface area contributed by atoms with Gasteiger partial charge in [-0.3, -0.25) is 0 Å². The number of aryl methyl sites for hydroxylation is 1. The smallest absolute Gasteiger partial charge is 0.126 e. The third kappa shape index (κ3) is 1.76. The van der Waals surface area contributed by atoms with Gasteiger partial charge in [-0.15, -0.1) is 0 Å². The number of hydrogen-bond acceptors (Lipinski definition) is 2. The van der Waals surface area contributed by atoms with Gasteiger partial charge in [0.1, 0.15) is 5.82 Å². The highest BCUT2D eigenvalue weighted by molar-refractivity contribution is 5.41. The van der Waals surface area contributed by atoms with Crippen LogP contribution in [0.2, 0.25) is 0 Å². The van der Waals surface area contributed by atoms with Crippen LogP contribution in [0.15, 0.2) is 12.3 Å². The molecule has 2 N–H and O–H groups in total. The standard InChI is InChI=1S/C10H16N2/c1-7-5-8(10(2,3)4)6-12-9(7)11/h5-6H,1-4H3,(H2,11,12). The Bertz CT molecular complexity index is 284. The molecule has 1 rings (SSSR count). The van der Waals surface area contributed by atoms with Crippen molar-refractivity contribution >= 4 is 5.82 Å². The number of nitrogens with two attached hydrogens (primary N) is 1. The SMILES string of the molecule is Cc1cc(C(C)(C)C)cnc1N. The van der Waals surface area contributed by atoms with Crippen molar-refractivity contribution in [3.8, 4) is 0 Å². The third-order valence-electron chi connectivity index (χ3n) is 1.98. The number of anilines is 1. The molecule has 1 heterocycles. The van der Waals surface area contributed by atoms with Gasteiger partial charge in [0.15, 0.2) is 0 Å². The Morgan fingerprint density at radius 2 is 1.92 bits per heavy atom. The van der Waals surface area contributed by atoms with Gasteiger partial charge in [-0.1, -0.05) is 26.8 Å². The third-order valence-corrected chi connectivity index (χ3v) is 1.98. The maximum Gasteiger partial charge on any atom is 0.126 e. The van der Waals surface area contributed by atoms with Crippen LogP contribution >= 0.6 is 0 Å². The molecule has 0 saturated heterocycles. The zero-order valence-corrected chi connectivity index (χ0v) is 8.18. The normalized spacial score (nSPS) is 11.7. The predicted octanol–water partition coefficient (Wildman–Crippen LogP) is 2.27. The van der Waals surface area contributed by atoms with Crippen molar-refractivity contribution in [1.29, 1.82) is 0 Å². The molecule has 0 bridgehead atoms. The molecule has 0 radical (unpaired) electrons. The summed E-state index contributed by atoms with van der Waals surface area (Å²) < 4.78 is 0. The van der Waals surface area contributed by atoms with Crippen molar-refractivity contribution in [2.24, 2.45) is 0 Å². The molecule has 0 unspecified atom stereocenters. The Balaban J connectivity index is 3.14. The van der Waals surface area contributed by atoms with Crippen LogP contribution in [0.1, 0.15) is 31.9 Å². The lowest BCUT2D eigenvalue weighted by Gasteiger charge is -2.19. The first-order valence-electron chi connectivity index (χ1n) is 4.14. The largest absolute Gasteiger partial charge is 0.383 e. The van der Waals surface area contributed by atoms with Gasteiger partial charge in [0.2, 0.25) is 0 Å². The van der Waals surface area contributed by atoms with Crippen molar-refractivity contribution < 1.29 is 0 Å². The Morgan fingerprint density at radius 1 is 1.33 bits per heavy atom. The maximum atomic E-state index is 5.62. The van der Waals surface area contributed by atoms with Gasteiger partial charge in [0, 0.05) is 6.20 Å². The first-order valence-corrected chi connectivity index (χ1v) is 4.14. The van der Waals surface area contributed by atoms with Crippen LogP contribution in [0, 0.1) is 6.92 Å². The van der Waals surface area contributed by atoms with Gasteiger partial charge < -0.3 is 5.73 Å². The molecule has 0 aliphatic heterocycles. The number of hydrogen-bond donors (Lipinski definition) is 1. The van der Waals surface area contributed by atoms with Crippen molar-refractivity contribution in [3.63, 3.8) is 0 Å². The molecule has 0 saturated carbocycles. The van der Waals surface area contributed by atoms with Gasteiger partial charge in [-0.2, -0.15) is 0 Å². The Hall–Kier alpha value is -1.05. The summed E-state index contributed by atoms with van der Waals surface area (Å²) in [7, 11) is 0. The molecule has 0 aromatic carbocycles. The van der Waals surface area contributed by atoms with E-state index in [1.807, 2.05) is 13.1 Å². The number of nitrogens with zero attached hydrogens (tertiary/aromatic N) is 1. The van der Waals surface area contributed by atoms with Gasteiger partial charge in [0.05, 0.1) is 0 Å². The molecular formula is C10H16N2. The second-order valence-electron chi connectivity index (χ2n) is 4.18. The molecule has 0 amide bonds. The molecule has 1 aromatic heterocycles. The fourth-order valence-electron chi connectivity index (χ4n) is 0.996. The zero-order valence-electron chi connectivity index (χ0n) is 8.18. The van der Waals surface area contributed by atoms with Crippen LogP contribution in [-0.4, -0.2) is 4.98 Å². The first kappa shape index (κ1) is 9.04. The van der Waals surface area contributed by atoms with E-state index in [0.717, 1.165) is 5.56 Å². The summed E-state index contributed by atoms with van der Waals surface area (Å²) in [5.74, 6) is 0.628. The molecule has 0 fully saturated rings. The van der Waals surface area contributed by atoms with E-state index < -0.39 is 0 Å². The zero-order chi connectivity index (χ0) is 9.35. The number of aromatic nitrogens is 1. The lowest BCUT2D eigenvalue weighted by atomic mass is 9.88. The monoisotopic (exact) mass is 164 g/mol. The van der Waals surface area contributed by atoms with E-state index in [-0.39, 0.29) is 5.41 Å². The molecule has 12 heavy (non-hydrogen) atoms. The van der Waals surface area contributed by atoms with Crippen LogP contribution < -0.4 is 5.73 Å². The highest BCUT2D eigenvalue weighted by Crippen LogP contribution is 2.23. The summed E-state index contributed by atoms with van der Waals surface area (Å²) >= 11 is 0. The number of nitrogen functional groups attached to an aromatic ring is 1. The van der Waals surface area contributed by atoms with E-state index in [1.165, 1.54) is 5.56 Å². The molecular weight excluding hydrogens is 148 g/mol.